The molecule has 0 aliphatic heterocycles. The van der Waals surface area contributed by atoms with Crippen molar-refractivity contribution >= 4 is 23.7 Å². The van der Waals surface area contributed by atoms with Crippen LogP contribution < -0.4 is 11.1 Å². The maximum Gasteiger partial charge on any atom is 0.318 e. The predicted molar refractivity (Wildman–Crippen MR) is 88.6 cm³/mol. The zero-order valence-electron chi connectivity index (χ0n) is 13.5. The standard InChI is InChI=1S/C15H18FN5O2S/c1-8(2)11(13(22)18-14(17)23)24-15-20-19-12(21(15)3)9-4-6-10(16)7-5-9/h4-8,11H,1-3H3,(H3,17,18,22,23)/t11-/m1/s1. The van der Waals surface area contributed by atoms with Crippen molar-refractivity contribution < 1.29 is 14.0 Å². The Morgan fingerprint density at radius 1 is 1.25 bits per heavy atom. The van der Waals surface area contributed by atoms with Crippen LogP contribution in [0.2, 0.25) is 0 Å². The number of halogens is 1. The lowest BCUT2D eigenvalue weighted by atomic mass is 10.1. The van der Waals surface area contributed by atoms with Crippen LogP contribution in [0.5, 0.6) is 0 Å². The van der Waals surface area contributed by atoms with E-state index in [0.29, 0.717) is 16.5 Å². The molecule has 1 atom stereocenters. The molecule has 1 aromatic carbocycles. The molecule has 9 heteroatoms. The van der Waals surface area contributed by atoms with Crippen molar-refractivity contribution in [2.75, 3.05) is 0 Å². The number of benzene rings is 1. The van der Waals surface area contributed by atoms with Crippen molar-refractivity contribution in [2.45, 2.75) is 24.3 Å². The summed E-state index contributed by atoms with van der Waals surface area (Å²) >= 11 is 1.19. The Hall–Kier alpha value is -2.42. The molecule has 0 spiro atoms. The predicted octanol–water partition coefficient (Wildman–Crippen LogP) is 1.93. The molecule has 1 heterocycles. The molecule has 0 saturated carbocycles. The molecule has 0 saturated heterocycles. The molecule has 2 rings (SSSR count). The van der Waals surface area contributed by atoms with Crippen LogP contribution in [0.1, 0.15) is 13.8 Å². The van der Waals surface area contributed by atoms with Crippen molar-refractivity contribution in [2.24, 2.45) is 18.7 Å². The van der Waals surface area contributed by atoms with Gasteiger partial charge in [-0.2, -0.15) is 0 Å². The Morgan fingerprint density at radius 2 is 1.88 bits per heavy atom. The van der Waals surface area contributed by atoms with Gasteiger partial charge in [0.25, 0.3) is 0 Å². The van der Waals surface area contributed by atoms with Gasteiger partial charge in [0, 0.05) is 12.6 Å². The van der Waals surface area contributed by atoms with E-state index in [2.05, 4.69) is 15.5 Å². The van der Waals surface area contributed by atoms with Gasteiger partial charge in [-0.1, -0.05) is 25.6 Å². The second-order valence-corrected chi connectivity index (χ2v) is 6.62. The molecule has 24 heavy (non-hydrogen) atoms. The minimum Gasteiger partial charge on any atom is -0.351 e. The lowest BCUT2D eigenvalue weighted by Gasteiger charge is -2.18. The van der Waals surface area contributed by atoms with E-state index < -0.39 is 17.2 Å². The van der Waals surface area contributed by atoms with Crippen LogP contribution in [-0.2, 0) is 11.8 Å². The van der Waals surface area contributed by atoms with Gasteiger partial charge in [-0.15, -0.1) is 10.2 Å². The van der Waals surface area contributed by atoms with Gasteiger partial charge in [-0.05, 0) is 30.2 Å². The third-order valence-corrected chi connectivity index (χ3v) is 4.86. The van der Waals surface area contributed by atoms with E-state index in [1.807, 2.05) is 13.8 Å². The Morgan fingerprint density at radius 3 is 2.42 bits per heavy atom. The fourth-order valence-electron chi connectivity index (χ4n) is 2.07. The number of urea groups is 1. The Balaban J connectivity index is 2.24. The third kappa shape index (κ3) is 4.10. The summed E-state index contributed by atoms with van der Waals surface area (Å²) in [6.07, 6.45) is 0. The smallest absolute Gasteiger partial charge is 0.318 e. The number of rotatable bonds is 5. The lowest BCUT2D eigenvalue weighted by molar-refractivity contribution is -0.120. The molecule has 0 fully saturated rings. The Bertz CT molecular complexity index is 745. The highest BCUT2D eigenvalue weighted by molar-refractivity contribution is 8.00. The number of nitrogens with two attached hydrogens (primary N) is 1. The van der Waals surface area contributed by atoms with Gasteiger partial charge in [0.1, 0.15) is 5.82 Å². The first-order valence-electron chi connectivity index (χ1n) is 7.22. The van der Waals surface area contributed by atoms with E-state index in [-0.39, 0.29) is 11.7 Å². The highest BCUT2D eigenvalue weighted by Crippen LogP contribution is 2.29. The average Bonchev–Trinajstić information content (AvgIpc) is 2.85. The molecular weight excluding hydrogens is 333 g/mol. The summed E-state index contributed by atoms with van der Waals surface area (Å²) in [5.74, 6) is -0.317. The minimum absolute atomic E-state index is 0.0553. The molecule has 0 aliphatic rings. The lowest BCUT2D eigenvalue weighted by Crippen LogP contribution is -2.42. The molecular formula is C15H18FN5O2S. The zero-order chi connectivity index (χ0) is 17.9. The number of hydrogen-bond acceptors (Lipinski definition) is 5. The maximum atomic E-state index is 13.0. The van der Waals surface area contributed by atoms with E-state index in [0.717, 1.165) is 0 Å². The van der Waals surface area contributed by atoms with E-state index in [9.17, 15) is 14.0 Å². The fraction of sp³-hybridized carbons (Fsp3) is 0.333. The van der Waals surface area contributed by atoms with Gasteiger partial charge in [-0.3, -0.25) is 10.1 Å². The van der Waals surface area contributed by atoms with Crippen LogP contribution in [0, 0.1) is 11.7 Å². The van der Waals surface area contributed by atoms with Gasteiger partial charge in [-0.25, -0.2) is 9.18 Å². The van der Waals surface area contributed by atoms with E-state index in [4.69, 9.17) is 5.73 Å². The number of primary amides is 1. The molecule has 128 valence electrons. The summed E-state index contributed by atoms with van der Waals surface area (Å²) in [6, 6.07) is 5.00. The van der Waals surface area contributed by atoms with E-state index >= 15 is 0 Å². The van der Waals surface area contributed by atoms with Crippen LogP contribution in [0.4, 0.5) is 9.18 Å². The number of carbonyl (C=O) groups excluding carboxylic acids is 2. The summed E-state index contributed by atoms with van der Waals surface area (Å²) in [7, 11) is 1.75. The summed E-state index contributed by atoms with van der Waals surface area (Å²) in [4.78, 5) is 23.0. The van der Waals surface area contributed by atoms with Crippen LogP contribution in [0.3, 0.4) is 0 Å². The quantitative estimate of drug-likeness (QED) is 0.801. The van der Waals surface area contributed by atoms with Gasteiger partial charge < -0.3 is 10.3 Å². The van der Waals surface area contributed by atoms with Gasteiger partial charge in [0.2, 0.25) is 5.91 Å². The zero-order valence-corrected chi connectivity index (χ0v) is 14.3. The summed E-state index contributed by atoms with van der Waals surface area (Å²) in [6.45, 7) is 3.71. The van der Waals surface area contributed by atoms with Crippen molar-refractivity contribution in [3.05, 3.63) is 30.1 Å². The fourth-order valence-corrected chi connectivity index (χ4v) is 3.06. The van der Waals surface area contributed by atoms with Crippen molar-refractivity contribution in [1.29, 1.82) is 0 Å². The van der Waals surface area contributed by atoms with Crippen LogP contribution in [0.25, 0.3) is 11.4 Å². The van der Waals surface area contributed by atoms with Crippen molar-refractivity contribution in [3.63, 3.8) is 0 Å². The Labute approximate surface area is 142 Å². The molecule has 0 radical (unpaired) electrons. The molecule has 3 amide bonds. The SMILES string of the molecule is CC(C)[C@@H](Sc1nnc(-c2ccc(F)cc2)n1C)C(=O)NC(N)=O. The van der Waals surface area contributed by atoms with Gasteiger partial charge >= 0.3 is 6.03 Å². The Kier molecular flexibility index (Phi) is 5.55. The molecule has 0 unspecified atom stereocenters. The first kappa shape index (κ1) is 17.9. The van der Waals surface area contributed by atoms with Crippen LogP contribution in [0.15, 0.2) is 29.4 Å². The highest BCUT2D eigenvalue weighted by atomic mass is 32.2. The molecule has 0 aliphatic carbocycles. The monoisotopic (exact) mass is 351 g/mol. The number of amides is 3. The molecule has 1 aromatic heterocycles. The number of aromatic nitrogens is 3. The third-order valence-electron chi connectivity index (χ3n) is 3.28. The molecule has 3 N–H and O–H groups in total. The molecule has 7 nitrogen and oxygen atoms in total. The number of thioether (sulfide) groups is 1. The number of imide groups is 1. The maximum absolute atomic E-state index is 13.0. The normalized spacial score (nSPS) is 12.2. The molecule has 0 bridgehead atoms. The first-order valence-corrected chi connectivity index (χ1v) is 8.10. The van der Waals surface area contributed by atoms with E-state index in [1.54, 1.807) is 23.7 Å². The second kappa shape index (κ2) is 7.43. The topological polar surface area (TPSA) is 103 Å². The van der Waals surface area contributed by atoms with Gasteiger partial charge in [0.15, 0.2) is 11.0 Å². The summed E-state index contributed by atoms with van der Waals surface area (Å²) in [5.41, 5.74) is 5.71. The molecule has 2 aromatic rings. The number of hydrogen-bond donors (Lipinski definition) is 2. The highest BCUT2D eigenvalue weighted by Gasteiger charge is 2.27. The second-order valence-electron chi connectivity index (χ2n) is 5.51. The largest absolute Gasteiger partial charge is 0.351 e. The van der Waals surface area contributed by atoms with Gasteiger partial charge in [0.05, 0.1) is 5.25 Å². The van der Waals surface area contributed by atoms with Crippen LogP contribution >= 0.6 is 11.8 Å². The number of nitrogens with zero attached hydrogens (tertiary/aromatic N) is 3. The van der Waals surface area contributed by atoms with Crippen molar-refractivity contribution in [1.82, 2.24) is 20.1 Å². The van der Waals surface area contributed by atoms with Crippen LogP contribution in [-0.4, -0.2) is 32.0 Å². The number of carbonyl (C=O) groups is 2. The first-order chi connectivity index (χ1) is 11.3. The van der Waals surface area contributed by atoms with Crippen molar-refractivity contribution in [3.8, 4) is 11.4 Å². The summed E-state index contributed by atoms with van der Waals surface area (Å²) in [5, 5.41) is 10.2. The van der Waals surface area contributed by atoms with E-state index in [1.165, 1.54) is 23.9 Å². The summed E-state index contributed by atoms with van der Waals surface area (Å²) < 4.78 is 14.7. The number of nitrogens with one attached hydrogen (secondary N) is 1. The average molecular weight is 351 g/mol. The minimum atomic E-state index is -0.892.